The lowest BCUT2D eigenvalue weighted by atomic mass is 10.1. The number of aromatic nitrogens is 2. The average molecular weight is 454 g/mol. The Labute approximate surface area is 195 Å². The largest absolute Gasteiger partial charge is 0.497 e. The summed E-state index contributed by atoms with van der Waals surface area (Å²) in [6, 6.07) is 10.0. The van der Waals surface area contributed by atoms with Crippen molar-refractivity contribution in [2.75, 3.05) is 45.2 Å². The second kappa shape index (κ2) is 10.8. The average Bonchev–Trinajstić information content (AvgIpc) is 3.61. The maximum Gasteiger partial charge on any atom is 0.239 e. The molecule has 8 heteroatoms. The van der Waals surface area contributed by atoms with Crippen molar-refractivity contribution in [2.45, 2.75) is 45.1 Å². The fourth-order valence-corrected chi connectivity index (χ4v) is 4.48. The Morgan fingerprint density at radius 1 is 1.12 bits per heavy atom. The molecule has 2 fully saturated rings. The SMILES string of the molecule is COc1ccc(CCC(=O)N2CCCN(CC(=O)Nc3ccnn3C(C)C3CC3)CC2)cc1. The van der Waals surface area contributed by atoms with E-state index in [0.717, 1.165) is 43.1 Å². The van der Waals surface area contributed by atoms with Crippen LogP contribution in [0.25, 0.3) is 0 Å². The summed E-state index contributed by atoms with van der Waals surface area (Å²) in [5.74, 6) is 2.40. The Hall–Kier alpha value is -2.87. The number of aryl methyl sites for hydroxylation is 1. The predicted octanol–water partition coefficient (Wildman–Crippen LogP) is 2.97. The van der Waals surface area contributed by atoms with Crippen LogP contribution in [0.5, 0.6) is 5.75 Å². The molecule has 2 aliphatic rings. The lowest BCUT2D eigenvalue weighted by Crippen LogP contribution is -2.38. The lowest BCUT2D eigenvalue weighted by molar-refractivity contribution is -0.131. The van der Waals surface area contributed by atoms with Crippen LogP contribution in [0.2, 0.25) is 0 Å². The first-order chi connectivity index (χ1) is 16.0. The van der Waals surface area contributed by atoms with E-state index < -0.39 is 0 Å². The van der Waals surface area contributed by atoms with Gasteiger partial charge in [-0.15, -0.1) is 0 Å². The molecule has 0 radical (unpaired) electrons. The third kappa shape index (κ3) is 6.35. The van der Waals surface area contributed by atoms with Gasteiger partial charge in [-0.2, -0.15) is 5.10 Å². The first kappa shape index (κ1) is 23.3. The maximum absolute atomic E-state index is 12.7. The minimum absolute atomic E-state index is 0.0287. The van der Waals surface area contributed by atoms with Gasteiger partial charge in [0, 0.05) is 38.7 Å². The van der Waals surface area contributed by atoms with Crippen molar-refractivity contribution in [3.63, 3.8) is 0 Å². The molecular weight excluding hydrogens is 418 g/mol. The number of ether oxygens (including phenoxy) is 1. The van der Waals surface area contributed by atoms with E-state index in [1.54, 1.807) is 13.3 Å². The monoisotopic (exact) mass is 453 g/mol. The van der Waals surface area contributed by atoms with Gasteiger partial charge in [0.15, 0.2) is 0 Å². The highest BCUT2D eigenvalue weighted by atomic mass is 16.5. The highest BCUT2D eigenvalue weighted by Gasteiger charge is 2.31. The smallest absolute Gasteiger partial charge is 0.239 e. The molecule has 1 saturated heterocycles. The normalized spacial score (nSPS) is 17.9. The zero-order chi connectivity index (χ0) is 23.2. The second-order valence-corrected chi connectivity index (χ2v) is 9.15. The van der Waals surface area contributed by atoms with Crippen molar-refractivity contribution in [1.29, 1.82) is 0 Å². The molecule has 33 heavy (non-hydrogen) atoms. The molecule has 1 aliphatic heterocycles. The van der Waals surface area contributed by atoms with Crippen LogP contribution in [0.3, 0.4) is 0 Å². The summed E-state index contributed by atoms with van der Waals surface area (Å²) in [5, 5.41) is 7.44. The van der Waals surface area contributed by atoms with Crippen molar-refractivity contribution >= 4 is 17.6 Å². The molecule has 1 N–H and O–H groups in total. The summed E-state index contributed by atoms with van der Waals surface area (Å²) in [4.78, 5) is 29.5. The van der Waals surface area contributed by atoms with E-state index in [1.807, 2.05) is 39.9 Å². The van der Waals surface area contributed by atoms with Crippen molar-refractivity contribution in [1.82, 2.24) is 19.6 Å². The number of carbonyl (C=O) groups excluding carboxylic acids is 2. The van der Waals surface area contributed by atoms with Crippen LogP contribution in [0.4, 0.5) is 5.82 Å². The zero-order valence-corrected chi connectivity index (χ0v) is 19.7. The van der Waals surface area contributed by atoms with Crippen LogP contribution in [0, 0.1) is 5.92 Å². The number of benzene rings is 1. The summed E-state index contributed by atoms with van der Waals surface area (Å²) in [7, 11) is 1.65. The number of nitrogens with zero attached hydrogens (tertiary/aromatic N) is 4. The molecule has 1 atom stereocenters. The number of nitrogens with one attached hydrogen (secondary N) is 1. The van der Waals surface area contributed by atoms with Gasteiger partial charge < -0.3 is 15.0 Å². The Balaban J connectivity index is 1.22. The zero-order valence-electron chi connectivity index (χ0n) is 19.7. The quantitative estimate of drug-likeness (QED) is 0.632. The third-order valence-corrected chi connectivity index (χ3v) is 6.72. The highest BCUT2D eigenvalue weighted by molar-refractivity contribution is 5.91. The molecule has 178 valence electrons. The van der Waals surface area contributed by atoms with Gasteiger partial charge in [-0.3, -0.25) is 14.5 Å². The van der Waals surface area contributed by atoms with Crippen LogP contribution in [-0.4, -0.2) is 71.2 Å². The summed E-state index contributed by atoms with van der Waals surface area (Å²) < 4.78 is 7.12. The van der Waals surface area contributed by atoms with Crippen LogP contribution in [0.15, 0.2) is 36.5 Å². The number of methoxy groups -OCH3 is 1. The van der Waals surface area contributed by atoms with Gasteiger partial charge in [-0.05, 0) is 56.2 Å². The van der Waals surface area contributed by atoms with Crippen molar-refractivity contribution in [2.24, 2.45) is 5.92 Å². The Morgan fingerprint density at radius 3 is 2.64 bits per heavy atom. The molecule has 0 bridgehead atoms. The highest BCUT2D eigenvalue weighted by Crippen LogP contribution is 2.40. The number of carbonyl (C=O) groups is 2. The van der Waals surface area contributed by atoms with Crippen molar-refractivity contribution in [3.8, 4) is 5.75 Å². The van der Waals surface area contributed by atoms with E-state index in [4.69, 9.17) is 4.74 Å². The molecule has 8 nitrogen and oxygen atoms in total. The molecule has 1 aliphatic carbocycles. The minimum atomic E-state index is -0.0287. The number of rotatable bonds is 9. The number of hydrogen-bond donors (Lipinski definition) is 1. The van der Waals surface area contributed by atoms with E-state index in [9.17, 15) is 9.59 Å². The standard InChI is InChI=1S/C25H35N5O3/c1-19(21-7-8-21)30-23(12-13-26-30)27-24(31)18-28-14-3-15-29(17-16-28)25(32)11-6-20-4-9-22(33-2)10-5-20/h4-5,9-10,12-13,19,21H,3,6-8,11,14-18H2,1-2H3,(H,27,31). The van der Waals surface area contributed by atoms with E-state index in [1.165, 1.54) is 12.8 Å². The van der Waals surface area contributed by atoms with Gasteiger partial charge in [0.1, 0.15) is 11.6 Å². The Morgan fingerprint density at radius 2 is 1.91 bits per heavy atom. The fraction of sp³-hybridized carbons (Fsp3) is 0.560. The summed E-state index contributed by atoms with van der Waals surface area (Å²) in [6.45, 7) is 5.41. The fourth-order valence-electron chi connectivity index (χ4n) is 4.48. The maximum atomic E-state index is 12.7. The van der Waals surface area contributed by atoms with E-state index in [2.05, 4.69) is 22.2 Å². The van der Waals surface area contributed by atoms with Gasteiger partial charge >= 0.3 is 0 Å². The van der Waals surface area contributed by atoms with E-state index in [0.29, 0.717) is 38.0 Å². The summed E-state index contributed by atoms with van der Waals surface area (Å²) >= 11 is 0. The Bertz CT molecular complexity index is 938. The first-order valence-electron chi connectivity index (χ1n) is 12.0. The van der Waals surface area contributed by atoms with Crippen molar-refractivity contribution in [3.05, 3.63) is 42.1 Å². The number of hydrogen-bond acceptors (Lipinski definition) is 5. The molecule has 2 amide bonds. The minimum Gasteiger partial charge on any atom is -0.497 e. The molecule has 1 aromatic carbocycles. The first-order valence-corrected chi connectivity index (χ1v) is 12.0. The molecule has 4 rings (SSSR count). The number of amides is 2. The molecule has 1 aromatic heterocycles. The Kier molecular flexibility index (Phi) is 7.65. The molecular formula is C25H35N5O3. The molecule has 2 aromatic rings. The van der Waals surface area contributed by atoms with Gasteiger partial charge in [0.2, 0.25) is 11.8 Å². The molecule has 0 spiro atoms. The van der Waals surface area contributed by atoms with Crippen molar-refractivity contribution < 1.29 is 14.3 Å². The third-order valence-electron chi connectivity index (χ3n) is 6.72. The predicted molar refractivity (Wildman–Crippen MR) is 127 cm³/mol. The van der Waals surface area contributed by atoms with Crippen LogP contribution >= 0.6 is 0 Å². The van der Waals surface area contributed by atoms with Crippen LogP contribution < -0.4 is 10.1 Å². The topological polar surface area (TPSA) is 79.7 Å². The van der Waals surface area contributed by atoms with Gasteiger partial charge in [-0.1, -0.05) is 12.1 Å². The van der Waals surface area contributed by atoms with Gasteiger partial charge in [0.25, 0.3) is 0 Å². The summed E-state index contributed by atoms with van der Waals surface area (Å²) in [5.41, 5.74) is 1.13. The second-order valence-electron chi connectivity index (χ2n) is 9.15. The molecule has 1 saturated carbocycles. The van der Waals surface area contributed by atoms with Gasteiger partial charge in [0.05, 0.1) is 25.9 Å². The molecule has 1 unspecified atom stereocenters. The van der Waals surface area contributed by atoms with Crippen LogP contribution in [-0.2, 0) is 16.0 Å². The summed E-state index contributed by atoms with van der Waals surface area (Å²) in [6.07, 6.45) is 6.30. The lowest BCUT2D eigenvalue weighted by Gasteiger charge is -2.22. The van der Waals surface area contributed by atoms with E-state index in [-0.39, 0.29) is 11.8 Å². The van der Waals surface area contributed by atoms with Gasteiger partial charge in [-0.25, -0.2) is 4.68 Å². The van der Waals surface area contributed by atoms with E-state index >= 15 is 0 Å². The molecule has 2 heterocycles. The number of anilines is 1. The van der Waals surface area contributed by atoms with Crippen LogP contribution in [0.1, 0.15) is 44.2 Å².